The molecule has 0 aromatic heterocycles. The van der Waals surface area contributed by atoms with E-state index in [1.54, 1.807) is 0 Å². The van der Waals surface area contributed by atoms with E-state index in [1.807, 2.05) is 0 Å². The third-order valence-corrected chi connectivity index (χ3v) is 4.38. The molecule has 86 valence electrons. The van der Waals surface area contributed by atoms with Gasteiger partial charge in [-0.15, -0.1) is 0 Å². The molecule has 0 bridgehead atoms. The molecule has 1 saturated heterocycles. The van der Waals surface area contributed by atoms with Crippen LogP contribution in [0.2, 0.25) is 0 Å². The van der Waals surface area contributed by atoms with E-state index in [0.717, 1.165) is 25.9 Å². The van der Waals surface area contributed by atoms with Gasteiger partial charge in [0.2, 0.25) is 0 Å². The van der Waals surface area contributed by atoms with Crippen LogP contribution in [0, 0.1) is 0 Å². The van der Waals surface area contributed by atoms with Crippen molar-refractivity contribution in [2.24, 2.45) is 0 Å². The number of halogens is 1. The van der Waals surface area contributed by atoms with Crippen LogP contribution in [-0.2, 0) is 15.9 Å². The van der Waals surface area contributed by atoms with Crippen LogP contribution in [0.1, 0.15) is 30.1 Å². The molecule has 3 atom stereocenters. The fourth-order valence-corrected chi connectivity index (χ4v) is 3.52. The Morgan fingerprint density at radius 1 is 1.31 bits per heavy atom. The van der Waals surface area contributed by atoms with E-state index in [4.69, 9.17) is 9.47 Å². The minimum absolute atomic E-state index is 0.0217. The summed E-state index contributed by atoms with van der Waals surface area (Å²) in [6.45, 7) is 0.852. The second kappa shape index (κ2) is 4.63. The predicted octanol–water partition coefficient (Wildman–Crippen LogP) is 3.24. The van der Waals surface area contributed by atoms with Gasteiger partial charge in [0.1, 0.15) is 0 Å². The van der Waals surface area contributed by atoms with E-state index in [-0.39, 0.29) is 12.4 Å². The monoisotopic (exact) mass is 330 g/mol. The predicted molar refractivity (Wildman–Crippen MR) is 70.8 cm³/mol. The van der Waals surface area contributed by atoms with Crippen molar-refractivity contribution in [3.05, 3.63) is 35.4 Å². The lowest BCUT2D eigenvalue weighted by molar-refractivity contribution is -0.142. The molecule has 3 heteroatoms. The van der Waals surface area contributed by atoms with Crippen molar-refractivity contribution in [3.8, 4) is 0 Å². The molecule has 1 fully saturated rings. The van der Waals surface area contributed by atoms with Crippen molar-refractivity contribution in [1.29, 1.82) is 0 Å². The number of hydrogen-bond acceptors (Lipinski definition) is 2. The van der Waals surface area contributed by atoms with Crippen molar-refractivity contribution in [2.45, 2.75) is 35.6 Å². The van der Waals surface area contributed by atoms with Crippen LogP contribution in [0.15, 0.2) is 24.3 Å². The van der Waals surface area contributed by atoms with Crippen LogP contribution in [0.3, 0.4) is 0 Å². The largest absolute Gasteiger partial charge is 0.353 e. The fraction of sp³-hybridized carbons (Fsp3) is 0.538. The molecule has 0 spiro atoms. The van der Waals surface area contributed by atoms with Gasteiger partial charge < -0.3 is 9.47 Å². The van der Waals surface area contributed by atoms with Crippen molar-refractivity contribution in [2.75, 3.05) is 6.61 Å². The summed E-state index contributed by atoms with van der Waals surface area (Å²) < 4.78 is 12.2. The number of rotatable bonds is 2. The van der Waals surface area contributed by atoms with Crippen molar-refractivity contribution in [3.63, 3.8) is 0 Å². The summed E-state index contributed by atoms with van der Waals surface area (Å²) >= 11 is 2.50. The zero-order valence-electron chi connectivity index (χ0n) is 9.06. The molecular formula is C13H15IO2. The summed E-state index contributed by atoms with van der Waals surface area (Å²) in [5.41, 5.74) is 2.79. The second-order valence-corrected chi connectivity index (χ2v) is 6.02. The van der Waals surface area contributed by atoms with E-state index < -0.39 is 0 Å². The van der Waals surface area contributed by atoms with Crippen molar-refractivity contribution < 1.29 is 9.47 Å². The molecular weight excluding hydrogens is 315 g/mol. The van der Waals surface area contributed by atoms with Gasteiger partial charge in [0.25, 0.3) is 0 Å². The van der Waals surface area contributed by atoms with Crippen LogP contribution in [0.5, 0.6) is 0 Å². The lowest BCUT2D eigenvalue weighted by atomic mass is 10.1. The summed E-state index contributed by atoms with van der Waals surface area (Å²) in [6, 6.07) is 8.60. The standard InChI is InChI=1S/C13H15IO2/c14-11-8-9-4-1-2-5-10(9)13(11)16-12-6-3-7-15-12/h1-2,4-5,11-13H,3,6-8H2. The Balaban J connectivity index is 1.79. The first-order valence-electron chi connectivity index (χ1n) is 5.83. The molecule has 1 aliphatic heterocycles. The number of fused-ring (bicyclic) bond motifs is 1. The normalized spacial score (nSPS) is 32.9. The number of alkyl halides is 1. The Labute approximate surface area is 109 Å². The van der Waals surface area contributed by atoms with Gasteiger partial charge in [-0.2, -0.15) is 0 Å². The van der Waals surface area contributed by atoms with Crippen molar-refractivity contribution >= 4 is 22.6 Å². The van der Waals surface area contributed by atoms with Crippen LogP contribution in [0.25, 0.3) is 0 Å². The Hall–Kier alpha value is -0.130. The molecule has 0 radical (unpaired) electrons. The van der Waals surface area contributed by atoms with E-state index in [1.165, 1.54) is 11.1 Å². The molecule has 1 aromatic rings. The Kier molecular flexibility index (Phi) is 3.18. The maximum absolute atomic E-state index is 6.08. The molecule has 16 heavy (non-hydrogen) atoms. The Morgan fingerprint density at radius 2 is 2.19 bits per heavy atom. The van der Waals surface area contributed by atoms with Gasteiger partial charge in [-0.05, 0) is 24.0 Å². The molecule has 1 aromatic carbocycles. The summed E-state index contributed by atoms with van der Waals surface area (Å²) in [5, 5.41) is 0. The molecule has 1 aliphatic carbocycles. The summed E-state index contributed by atoms with van der Waals surface area (Å²) in [7, 11) is 0. The van der Waals surface area contributed by atoms with Crippen LogP contribution in [-0.4, -0.2) is 16.8 Å². The Bertz CT molecular complexity index is 374. The summed E-state index contributed by atoms with van der Waals surface area (Å²) in [4.78, 5) is 0. The van der Waals surface area contributed by atoms with Gasteiger partial charge >= 0.3 is 0 Å². The van der Waals surface area contributed by atoms with Crippen LogP contribution < -0.4 is 0 Å². The lowest BCUT2D eigenvalue weighted by Crippen LogP contribution is -2.19. The van der Waals surface area contributed by atoms with E-state index in [0.29, 0.717) is 3.92 Å². The number of hydrogen-bond donors (Lipinski definition) is 0. The molecule has 3 rings (SSSR count). The van der Waals surface area contributed by atoms with Gasteiger partial charge in [-0.1, -0.05) is 46.9 Å². The second-order valence-electron chi connectivity index (χ2n) is 4.42. The summed E-state index contributed by atoms with van der Waals surface area (Å²) in [6.07, 6.45) is 3.54. The number of benzene rings is 1. The topological polar surface area (TPSA) is 18.5 Å². The highest BCUT2D eigenvalue weighted by atomic mass is 127. The average molecular weight is 330 g/mol. The lowest BCUT2D eigenvalue weighted by Gasteiger charge is -2.21. The zero-order chi connectivity index (χ0) is 11.0. The molecule has 0 saturated carbocycles. The minimum Gasteiger partial charge on any atom is -0.353 e. The third-order valence-electron chi connectivity index (χ3n) is 3.29. The van der Waals surface area contributed by atoms with E-state index in [2.05, 4.69) is 46.9 Å². The van der Waals surface area contributed by atoms with E-state index >= 15 is 0 Å². The van der Waals surface area contributed by atoms with Gasteiger partial charge in [0, 0.05) is 17.0 Å². The molecule has 2 aliphatic rings. The molecule has 0 N–H and O–H groups in total. The third kappa shape index (κ3) is 2.00. The van der Waals surface area contributed by atoms with E-state index in [9.17, 15) is 0 Å². The first-order chi connectivity index (χ1) is 7.84. The molecule has 1 heterocycles. The summed E-state index contributed by atoms with van der Waals surface area (Å²) in [5.74, 6) is 0. The van der Waals surface area contributed by atoms with Gasteiger partial charge in [0.05, 0.1) is 6.10 Å². The Morgan fingerprint density at radius 3 is 3.00 bits per heavy atom. The highest BCUT2D eigenvalue weighted by molar-refractivity contribution is 14.1. The van der Waals surface area contributed by atoms with Crippen LogP contribution >= 0.6 is 22.6 Å². The van der Waals surface area contributed by atoms with Gasteiger partial charge in [0.15, 0.2) is 6.29 Å². The maximum atomic E-state index is 6.08. The smallest absolute Gasteiger partial charge is 0.158 e. The zero-order valence-corrected chi connectivity index (χ0v) is 11.2. The highest BCUT2D eigenvalue weighted by Gasteiger charge is 2.34. The van der Waals surface area contributed by atoms with Crippen molar-refractivity contribution in [1.82, 2.24) is 0 Å². The molecule has 3 unspecified atom stereocenters. The number of ether oxygens (including phenoxy) is 2. The van der Waals surface area contributed by atoms with Gasteiger partial charge in [-0.25, -0.2) is 0 Å². The SMILES string of the molecule is IC1Cc2ccccc2C1OC1CCCO1. The van der Waals surface area contributed by atoms with Crippen LogP contribution in [0.4, 0.5) is 0 Å². The van der Waals surface area contributed by atoms with Gasteiger partial charge in [-0.3, -0.25) is 0 Å². The molecule has 2 nitrogen and oxygen atoms in total. The quantitative estimate of drug-likeness (QED) is 0.612. The first-order valence-corrected chi connectivity index (χ1v) is 7.08. The maximum Gasteiger partial charge on any atom is 0.158 e. The average Bonchev–Trinajstić information content (AvgIpc) is 2.89. The fourth-order valence-electron chi connectivity index (χ4n) is 2.49. The highest BCUT2D eigenvalue weighted by Crippen LogP contribution is 2.40. The first kappa shape index (κ1) is 11.0. The minimum atomic E-state index is 0.0217. The molecule has 0 amide bonds.